The topological polar surface area (TPSA) is 38.3 Å². The molecule has 106 valence electrons. The van der Waals surface area contributed by atoms with Gasteiger partial charge in [0.05, 0.1) is 11.9 Å². The van der Waals surface area contributed by atoms with Crippen LogP contribution in [-0.4, -0.2) is 30.9 Å². The van der Waals surface area contributed by atoms with Crippen LogP contribution in [0.1, 0.15) is 20.3 Å². The molecule has 0 atom stereocenters. The van der Waals surface area contributed by atoms with Crippen molar-refractivity contribution in [3.8, 4) is 0 Å². The van der Waals surface area contributed by atoms with Crippen LogP contribution >= 0.6 is 27.7 Å². The molecule has 1 amide bonds. The lowest BCUT2D eigenvalue weighted by molar-refractivity contribution is -0.118. The summed E-state index contributed by atoms with van der Waals surface area (Å²) in [6, 6.07) is 7.95. The van der Waals surface area contributed by atoms with Crippen molar-refractivity contribution in [3.05, 3.63) is 28.7 Å². The van der Waals surface area contributed by atoms with Crippen molar-refractivity contribution < 1.29 is 9.53 Å². The van der Waals surface area contributed by atoms with Crippen molar-refractivity contribution in [2.24, 2.45) is 0 Å². The fraction of sp³-hybridized carbons (Fsp3) is 0.500. The third-order valence-corrected chi connectivity index (χ3v) is 3.82. The summed E-state index contributed by atoms with van der Waals surface area (Å²) < 4.78 is 6.45. The van der Waals surface area contributed by atoms with Gasteiger partial charge in [0.15, 0.2) is 0 Å². The molecule has 1 aromatic rings. The van der Waals surface area contributed by atoms with Crippen molar-refractivity contribution >= 4 is 33.6 Å². The highest BCUT2D eigenvalue weighted by atomic mass is 79.9. The summed E-state index contributed by atoms with van der Waals surface area (Å²) in [5.41, 5.74) is 0. The van der Waals surface area contributed by atoms with Crippen LogP contribution in [-0.2, 0) is 9.53 Å². The van der Waals surface area contributed by atoms with Crippen molar-refractivity contribution in [1.29, 1.82) is 0 Å². The van der Waals surface area contributed by atoms with E-state index in [1.807, 2.05) is 38.1 Å². The lowest BCUT2D eigenvalue weighted by atomic mass is 10.4. The molecule has 1 aromatic carbocycles. The van der Waals surface area contributed by atoms with E-state index in [0.29, 0.717) is 18.9 Å². The zero-order valence-corrected chi connectivity index (χ0v) is 13.7. The number of amides is 1. The van der Waals surface area contributed by atoms with E-state index in [9.17, 15) is 4.79 Å². The molecule has 0 spiro atoms. The van der Waals surface area contributed by atoms with Gasteiger partial charge in [-0.3, -0.25) is 4.79 Å². The second-order valence-electron chi connectivity index (χ2n) is 4.37. The lowest BCUT2D eigenvalue weighted by Gasteiger charge is -2.08. The molecule has 0 heterocycles. The van der Waals surface area contributed by atoms with Crippen LogP contribution in [0.25, 0.3) is 0 Å². The van der Waals surface area contributed by atoms with Crippen LogP contribution in [0, 0.1) is 0 Å². The number of carbonyl (C=O) groups excluding carboxylic acids is 1. The number of halogens is 1. The molecule has 0 saturated heterocycles. The highest BCUT2D eigenvalue weighted by molar-refractivity contribution is 9.10. The van der Waals surface area contributed by atoms with Crippen molar-refractivity contribution in [2.75, 3.05) is 18.9 Å². The van der Waals surface area contributed by atoms with E-state index in [1.54, 1.807) is 11.8 Å². The van der Waals surface area contributed by atoms with Crippen LogP contribution in [0.5, 0.6) is 0 Å². The van der Waals surface area contributed by atoms with Gasteiger partial charge in [-0.05, 0) is 44.5 Å². The minimum Gasteiger partial charge on any atom is -0.379 e. The molecule has 0 aliphatic rings. The van der Waals surface area contributed by atoms with Crippen LogP contribution in [0.3, 0.4) is 0 Å². The zero-order valence-electron chi connectivity index (χ0n) is 11.3. The highest BCUT2D eigenvalue weighted by Gasteiger charge is 2.02. The number of carbonyl (C=O) groups is 1. The molecule has 5 heteroatoms. The van der Waals surface area contributed by atoms with Gasteiger partial charge in [-0.25, -0.2) is 0 Å². The van der Waals surface area contributed by atoms with Crippen LogP contribution in [0.15, 0.2) is 33.6 Å². The summed E-state index contributed by atoms with van der Waals surface area (Å²) in [4.78, 5) is 12.7. The molecule has 19 heavy (non-hydrogen) atoms. The van der Waals surface area contributed by atoms with Gasteiger partial charge in [0.1, 0.15) is 0 Å². The maximum Gasteiger partial charge on any atom is 0.230 e. The third-order valence-electron chi connectivity index (χ3n) is 2.28. The Labute approximate surface area is 127 Å². The Morgan fingerprint density at radius 1 is 1.37 bits per heavy atom. The first-order chi connectivity index (χ1) is 9.08. The van der Waals surface area contributed by atoms with Crippen molar-refractivity contribution in [3.63, 3.8) is 0 Å². The van der Waals surface area contributed by atoms with Gasteiger partial charge in [-0.15, -0.1) is 11.8 Å². The summed E-state index contributed by atoms with van der Waals surface area (Å²) in [7, 11) is 0. The van der Waals surface area contributed by atoms with Crippen LogP contribution < -0.4 is 5.32 Å². The number of hydrogen-bond donors (Lipinski definition) is 1. The molecule has 0 aromatic heterocycles. The Bertz CT molecular complexity index is 382. The SMILES string of the molecule is CC(C)OCCCNC(=O)CSc1ccc(Br)cc1. The summed E-state index contributed by atoms with van der Waals surface area (Å²) >= 11 is 4.93. The molecule has 0 saturated carbocycles. The van der Waals surface area contributed by atoms with Gasteiger partial charge < -0.3 is 10.1 Å². The minimum absolute atomic E-state index is 0.0671. The average Bonchev–Trinajstić information content (AvgIpc) is 2.37. The molecule has 0 bridgehead atoms. The van der Waals surface area contributed by atoms with Gasteiger partial charge >= 0.3 is 0 Å². The van der Waals surface area contributed by atoms with E-state index >= 15 is 0 Å². The van der Waals surface area contributed by atoms with Gasteiger partial charge in [0, 0.05) is 22.5 Å². The minimum atomic E-state index is 0.0671. The lowest BCUT2D eigenvalue weighted by Crippen LogP contribution is -2.27. The first kappa shape index (κ1) is 16.5. The molecular formula is C14H20BrNO2S. The summed E-state index contributed by atoms with van der Waals surface area (Å²) in [5, 5.41) is 2.89. The van der Waals surface area contributed by atoms with E-state index in [2.05, 4.69) is 21.2 Å². The molecule has 1 N–H and O–H groups in total. The molecule has 0 aliphatic carbocycles. The third kappa shape index (κ3) is 8.29. The van der Waals surface area contributed by atoms with Gasteiger partial charge in [0.25, 0.3) is 0 Å². The maximum atomic E-state index is 11.6. The molecule has 0 unspecified atom stereocenters. The molecular weight excluding hydrogens is 326 g/mol. The molecule has 0 fully saturated rings. The number of benzene rings is 1. The molecule has 0 aliphatic heterocycles. The smallest absolute Gasteiger partial charge is 0.230 e. The quantitative estimate of drug-likeness (QED) is 0.579. The van der Waals surface area contributed by atoms with Gasteiger partial charge in [0.2, 0.25) is 5.91 Å². The largest absolute Gasteiger partial charge is 0.379 e. The van der Waals surface area contributed by atoms with E-state index in [1.165, 1.54) is 0 Å². The van der Waals surface area contributed by atoms with Gasteiger partial charge in [-0.1, -0.05) is 15.9 Å². The number of rotatable bonds is 8. The fourth-order valence-corrected chi connectivity index (χ4v) is 2.34. The van der Waals surface area contributed by atoms with E-state index in [0.717, 1.165) is 15.8 Å². The number of hydrogen-bond acceptors (Lipinski definition) is 3. The first-order valence-corrected chi connectivity index (χ1v) is 8.12. The summed E-state index contributed by atoms with van der Waals surface area (Å²) in [5.74, 6) is 0.518. The number of thioether (sulfide) groups is 1. The predicted molar refractivity (Wildman–Crippen MR) is 83.6 cm³/mol. The van der Waals surface area contributed by atoms with Crippen LogP contribution in [0.4, 0.5) is 0 Å². The monoisotopic (exact) mass is 345 g/mol. The molecule has 0 radical (unpaired) electrons. The first-order valence-electron chi connectivity index (χ1n) is 6.34. The Hall–Kier alpha value is -0.520. The zero-order chi connectivity index (χ0) is 14.1. The van der Waals surface area contributed by atoms with E-state index in [4.69, 9.17) is 4.74 Å². The van der Waals surface area contributed by atoms with Crippen LogP contribution in [0.2, 0.25) is 0 Å². The van der Waals surface area contributed by atoms with E-state index < -0.39 is 0 Å². The maximum absolute atomic E-state index is 11.6. The Morgan fingerprint density at radius 2 is 2.05 bits per heavy atom. The Morgan fingerprint density at radius 3 is 2.68 bits per heavy atom. The molecule has 1 rings (SSSR count). The average molecular weight is 346 g/mol. The summed E-state index contributed by atoms with van der Waals surface area (Å²) in [6.07, 6.45) is 1.11. The Balaban J connectivity index is 2.09. The normalized spacial score (nSPS) is 10.7. The molecule has 3 nitrogen and oxygen atoms in total. The number of ether oxygens (including phenoxy) is 1. The van der Waals surface area contributed by atoms with Crippen molar-refractivity contribution in [2.45, 2.75) is 31.3 Å². The number of nitrogens with one attached hydrogen (secondary N) is 1. The standard InChI is InChI=1S/C14H20BrNO2S/c1-11(2)18-9-3-8-16-14(17)10-19-13-6-4-12(15)5-7-13/h4-7,11H,3,8-10H2,1-2H3,(H,16,17). The van der Waals surface area contributed by atoms with Gasteiger partial charge in [-0.2, -0.15) is 0 Å². The second-order valence-corrected chi connectivity index (χ2v) is 6.33. The predicted octanol–water partition coefficient (Wildman–Crippen LogP) is 3.47. The Kier molecular flexibility index (Phi) is 8.18. The van der Waals surface area contributed by atoms with Crippen molar-refractivity contribution in [1.82, 2.24) is 5.32 Å². The second kappa shape index (κ2) is 9.39. The van der Waals surface area contributed by atoms with E-state index in [-0.39, 0.29) is 12.0 Å². The fourth-order valence-electron chi connectivity index (χ4n) is 1.35. The summed E-state index contributed by atoms with van der Waals surface area (Å²) in [6.45, 7) is 5.38. The highest BCUT2D eigenvalue weighted by Crippen LogP contribution is 2.20.